The highest BCUT2D eigenvalue weighted by atomic mass is 79.9. The van der Waals surface area contributed by atoms with Crippen LogP contribution in [0.3, 0.4) is 0 Å². The van der Waals surface area contributed by atoms with Gasteiger partial charge in [-0.1, -0.05) is 33.6 Å². The van der Waals surface area contributed by atoms with Gasteiger partial charge in [-0.05, 0) is 19.1 Å². The molecular formula is C11H10BrNO. The summed E-state index contributed by atoms with van der Waals surface area (Å²) in [6.45, 7) is 2.06. The van der Waals surface area contributed by atoms with Crippen LogP contribution in [0.25, 0.3) is 11.5 Å². The zero-order valence-corrected chi connectivity index (χ0v) is 9.41. The van der Waals surface area contributed by atoms with Gasteiger partial charge in [0.25, 0.3) is 0 Å². The van der Waals surface area contributed by atoms with Gasteiger partial charge < -0.3 is 4.42 Å². The average molecular weight is 252 g/mol. The number of hydrogen-bond acceptors (Lipinski definition) is 2. The van der Waals surface area contributed by atoms with Crippen molar-refractivity contribution >= 4 is 15.9 Å². The zero-order valence-electron chi connectivity index (χ0n) is 7.83. The molecule has 0 saturated heterocycles. The lowest BCUT2D eigenvalue weighted by atomic mass is 10.1. The Balaban J connectivity index is 2.34. The van der Waals surface area contributed by atoms with Gasteiger partial charge >= 0.3 is 0 Å². The van der Waals surface area contributed by atoms with Crippen molar-refractivity contribution in [2.45, 2.75) is 12.3 Å². The van der Waals surface area contributed by atoms with Crippen LogP contribution in [0.2, 0.25) is 0 Å². The number of aromatic nitrogens is 1. The molecule has 0 fully saturated rings. The summed E-state index contributed by atoms with van der Waals surface area (Å²) in [5, 5.41) is 0.725. The largest absolute Gasteiger partial charge is 0.444 e. The molecule has 0 aliphatic rings. The van der Waals surface area contributed by atoms with E-state index in [1.54, 1.807) is 6.26 Å². The number of halogens is 1. The Hall–Kier alpha value is -1.09. The highest BCUT2D eigenvalue weighted by Gasteiger charge is 2.04. The average Bonchev–Trinajstić information content (AvgIpc) is 2.67. The molecule has 14 heavy (non-hydrogen) atoms. The minimum atomic E-state index is 0.680. The molecule has 0 amide bonds. The summed E-state index contributed by atoms with van der Waals surface area (Å²) in [5.74, 6) is 0.680. The van der Waals surface area contributed by atoms with E-state index in [0.717, 1.165) is 16.6 Å². The van der Waals surface area contributed by atoms with Gasteiger partial charge in [-0.25, -0.2) is 4.98 Å². The van der Waals surface area contributed by atoms with Crippen LogP contribution in [0.1, 0.15) is 11.3 Å². The summed E-state index contributed by atoms with van der Waals surface area (Å²) in [4.78, 5) is 4.32. The standard InChI is InChI=1S/C11H10BrNO/c1-8-2-4-9(5-3-8)11-13-10(6-12)7-14-11/h2-5,7H,6H2,1H3. The third kappa shape index (κ3) is 1.87. The SMILES string of the molecule is Cc1ccc(-c2nc(CBr)co2)cc1. The molecule has 0 saturated carbocycles. The third-order valence-corrected chi connectivity index (χ3v) is 2.56. The van der Waals surface area contributed by atoms with Crippen molar-refractivity contribution in [3.8, 4) is 11.5 Å². The van der Waals surface area contributed by atoms with Crippen LogP contribution < -0.4 is 0 Å². The van der Waals surface area contributed by atoms with E-state index in [1.807, 2.05) is 24.3 Å². The molecule has 2 aromatic rings. The fraction of sp³-hybridized carbons (Fsp3) is 0.182. The second-order valence-electron chi connectivity index (χ2n) is 3.14. The number of rotatable bonds is 2. The summed E-state index contributed by atoms with van der Waals surface area (Å²) in [6, 6.07) is 8.12. The Morgan fingerprint density at radius 2 is 2.00 bits per heavy atom. The quantitative estimate of drug-likeness (QED) is 0.764. The molecule has 1 aromatic carbocycles. The summed E-state index contributed by atoms with van der Waals surface area (Å²) in [7, 11) is 0. The van der Waals surface area contributed by atoms with E-state index in [1.165, 1.54) is 5.56 Å². The molecule has 0 unspecified atom stereocenters. The molecule has 2 nitrogen and oxygen atoms in total. The lowest BCUT2D eigenvalue weighted by molar-refractivity contribution is 0.573. The Morgan fingerprint density at radius 3 is 2.57 bits per heavy atom. The van der Waals surface area contributed by atoms with Crippen LogP contribution in [0.4, 0.5) is 0 Å². The first-order valence-corrected chi connectivity index (χ1v) is 5.49. The number of aryl methyl sites for hydroxylation is 1. The van der Waals surface area contributed by atoms with E-state index in [-0.39, 0.29) is 0 Å². The number of alkyl halides is 1. The molecule has 1 aromatic heterocycles. The van der Waals surface area contributed by atoms with Gasteiger partial charge in [0.2, 0.25) is 5.89 Å². The maximum absolute atomic E-state index is 5.34. The maximum Gasteiger partial charge on any atom is 0.226 e. The Labute approximate surface area is 91.1 Å². The van der Waals surface area contributed by atoms with Crippen LogP contribution in [0.5, 0.6) is 0 Å². The van der Waals surface area contributed by atoms with Crippen molar-refractivity contribution in [3.63, 3.8) is 0 Å². The predicted octanol–water partition coefficient (Wildman–Crippen LogP) is 3.54. The topological polar surface area (TPSA) is 26.0 Å². The molecule has 72 valence electrons. The maximum atomic E-state index is 5.34. The lowest BCUT2D eigenvalue weighted by Gasteiger charge is -1.95. The van der Waals surface area contributed by atoms with E-state index in [0.29, 0.717) is 5.89 Å². The molecule has 0 radical (unpaired) electrons. The third-order valence-electron chi connectivity index (χ3n) is 1.99. The van der Waals surface area contributed by atoms with Crippen LogP contribution in [-0.2, 0) is 5.33 Å². The molecule has 0 N–H and O–H groups in total. The minimum absolute atomic E-state index is 0.680. The highest BCUT2D eigenvalue weighted by molar-refractivity contribution is 9.08. The number of hydrogen-bond donors (Lipinski definition) is 0. The van der Waals surface area contributed by atoms with Crippen molar-refractivity contribution in [1.82, 2.24) is 4.98 Å². The highest BCUT2D eigenvalue weighted by Crippen LogP contribution is 2.19. The Morgan fingerprint density at radius 1 is 1.29 bits per heavy atom. The molecule has 1 heterocycles. The van der Waals surface area contributed by atoms with Crippen LogP contribution in [0, 0.1) is 6.92 Å². The number of nitrogens with zero attached hydrogens (tertiary/aromatic N) is 1. The van der Waals surface area contributed by atoms with Crippen LogP contribution in [0.15, 0.2) is 34.9 Å². The minimum Gasteiger partial charge on any atom is -0.444 e. The van der Waals surface area contributed by atoms with E-state index in [9.17, 15) is 0 Å². The molecule has 3 heteroatoms. The molecule has 0 aliphatic carbocycles. The van der Waals surface area contributed by atoms with E-state index < -0.39 is 0 Å². The first-order valence-electron chi connectivity index (χ1n) is 4.37. The second kappa shape index (κ2) is 3.96. The molecule has 0 bridgehead atoms. The summed E-state index contributed by atoms with van der Waals surface area (Å²) < 4.78 is 5.34. The number of benzene rings is 1. The van der Waals surface area contributed by atoms with Crippen molar-refractivity contribution < 1.29 is 4.42 Å². The zero-order chi connectivity index (χ0) is 9.97. The first-order chi connectivity index (χ1) is 6.79. The molecule has 0 atom stereocenters. The molecule has 0 spiro atoms. The van der Waals surface area contributed by atoms with Gasteiger partial charge in [-0.3, -0.25) is 0 Å². The summed E-state index contributed by atoms with van der Waals surface area (Å²) in [5.41, 5.74) is 3.17. The number of oxazole rings is 1. The summed E-state index contributed by atoms with van der Waals surface area (Å²) >= 11 is 3.33. The fourth-order valence-corrected chi connectivity index (χ4v) is 1.45. The van der Waals surface area contributed by atoms with Gasteiger partial charge in [0.1, 0.15) is 6.26 Å². The van der Waals surface area contributed by atoms with Gasteiger partial charge in [-0.2, -0.15) is 0 Å². The first kappa shape index (κ1) is 9.46. The van der Waals surface area contributed by atoms with E-state index in [4.69, 9.17) is 4.42 Å². The van der Waals surface area contributed by atoms with Gasteiger partial charge in [0.05, 0.1) is 5.69 Å². The van der Waals surface area contributed by atoms with E-state index >= 15 is 0 Å². The predicted molar refractivity (Wildman–Crippen MR) is 59.3 cm³/mol. The lowest BCUT2D eigenvalue weighted by Crippen LogP contribution is -1.80. The van der Waals surface area contributed by atoms with E-state index in [2.05, 4.69) is 27.8 Å². The van der Waals surface area contributed by atoms with Gasteiger partial charge in [-0.15, -0.1) is 0 Å². The van der Waals surface area contributed by atoms with Crippen molar-refractivity contribution in [2.75, 3.05) is 0 Å². The van der Waals surface area contributed by atoms with Crippen molar-refractivity contribution in [2.24, 2.45) is 0 Å². The van der Waals surface area contributed by atoms with Gasteiger partial charge in [0, 0.05) is 10.9 Å². The second-order valence-corrected chi connectivity index (χ2v) is 3.70. The monoisotopic (exact) mass is 251 g/mol. The molecule has 0 aliphatic heterocycles. The smallest absolute Gasteiger partial charge is 0.226 e. The van der Waals surface area contributed by atoms with Crippen molar-refractivity contribution in [1.29, 1.82) is 0 Å². The summed E-state index contributed by atoms with van der Waals surface area (Å²) in [6.07, 6.45) is 1.67. The Bertz CT molecular complexity index is 419. The van der Waals surface area contributed by atoms with Crippen LogP contribution in [-0.4, -0.2) is 4.98 Å². The fourth-order valence-electron chi connectivity index (χ4n) is 1.20. The Kier molecular flexibility index (Phi) is 2.68. The molecular weight excluding hydrogens is 242 g/mol. The molecule has 2 rings (SSSR count). The normalized spacial score (nSPS) is 10.4. The van der Waals surface area contributed by atoms with Crippen LogP contribution >= 0.6 is 15.9 Å². The van der Waals surface area contributed by atoms with Gasteiger partial charge in [0.15, 0.2) is 0 Å². The van der Waals surface area contributed by atoms with Crippen molar-refractivity contribution in [3.05, 3.63) is 41.8 Å².